The predicted molar refractivity (Wildman–Crippen MR) is 223 cm³/mol. The molecule has 12 rings (SSSR count). The van der Waals surface area contributed by atoms with Crippen LogP contribution in [0.3, 0.4) is 0 Å². The van der Waals surface area contributed by atoms with Gasteiger partial charge < -0.3 is 13.4 Å². The zero-order valence-electron chi connectivity index (χ0n) is 29.3. The van der Waals surface area contributed by atoms with Gasteiger partial charge in [-0.2, -0.15) is 0 Å². The van der Waals surface area contributed by atoms with Crippen molar-refractivity contribution >= 4 is 76.5 Å². The van der Waals surface area contributed by atoms with Crippen LogP contribution in [0.1, 0.15) is 0 Å². The molecule has 55 heavy (non-hydrogen) atoms. The van der Waals surface area contributed by atoms with Crippen LogP contribution in [0.15, 0.2) is 179 Å². The van der Waals surface area contributed by atoms with Crippen LogP contribution in [0.25, 0.3) is 116 Å². The number of furan rings is 2. The first-order valence-corrected chi connectivity index (χ1v) is 18.4. The summed E-state index contributed by atoms with van der Waals surface area (Å²) in [4.78, 5) is 16.0. The van der Waals surface area contributed by atoms with Gasteiger partial charge in [-0.25, -0.2) is 15.0 Å². The van der Waals surface area contributed by atoms with E-state index in [1.54, 1.807) is 0 Å². The number of aromatic nitrogens is 4. The highest BCUT2D eigenvalue weighted by molar-refractivity contribution is 6.18. The number of para-hydroxylation sites is 3. The summed E-state index contributed by atoms with van der Waals surface area (Å²) >= 11 is 0. The number of hydrogen-bond donors (Lipinski definition) is 0. The molecule has 0 N–H and O–H groups in total. The average Bonchev–Trinajstić information content (AvgIpc) is 3.92. The Bertz CT molecular complexity index is 3500. The minimum absolute atomic E-state index is 0.549. The summed E-state index contributed by atoms with van der Waals surface area (Å²) in [5, 5.41) is 8.64. The van der Waals surface area contributed by atoms with Crippen molar-refractivity contribution < 1.29 is 8.83 Å². The maximum atomic E-state index is 6.55. The maximum absolute atomic E-state index is 6.55. The van der Waals surface area contributed by atoms with Crippen LogP contribution in [0.4, 0.5) is 0 Å². The van der Waals surface area contributed by atoms with Crippen LogP contribution in [-0.4, -0.2) is 19.5 Å². The Hall–Kier alpha value is -7.57. The summed E-state index contributed by atoms with van der Waals surface area (Å²) in [5.41, 5.74) is 8.93. The Morgan fingerprint density at radius 2 is 0.982 bits per heavy atom. The van der Waals surface area contributed by atoms with E-state index < -0.39 is 0 Å². The second-order valence-electron chi connectivity index (χ2n) is 13.9. The highest BCUT2D eigenvalue weighted by atomic mass is 16.3. The molecule has 256 valence electrons. The summed E-state index contributed by atoms with van der Waals surface area (Å²) < 4.78 is 15.2. The van der Waals surface area contributed by atoms with Gasteiger partial charge in [-0.15, -0.1) is 0 Å². The quantitative estimate of drug-likeness (QED) is 0.182. The van der Waals surface area contributed by atoms with E-state index in [1.807, 2.05) is 72.8 Å². The van der Waals surface area contributed by atoms with Gasteiger partial charge in [-0.1, -0.05) is 121 Å². The molecule has 0 amide bonds. The molecule has 0 bridgehead atoms. The van der Waals surface area contributed by atoms with Crippen molar-refractivity contribution in [3.8, 4) is 39.9 Å². The van der Waals surface area contributed by atoms with Gasteiger partial charge >= 0.3 is 0 Å². The third-order valence-corrected chi connectivity index (χ3v) is 10.8. The number of rotatable bonds is 4. The molecule has 0 aliphatic rings. The first-order valence-electron chi connectivity index (χ1n) is 18.4. The van der Waals surface area contributed by atoms with Crippen LogP contribution in [0, 0.1) is 0 Å². The lowest BCUT2D eigenvalue weighted by molar-refractivity contribution is 0.668. The van der Waals surface area contributed by atoms with Crippen molar-refractivity contribution in [1.82, 2.24) is 19.5 Å². The Kier molecular flexibility index (Phi) is 6.24. The Morgan fingerprint density at radius 3 is 1.78 bits per heavy atom. The lowest BCUT2D eigenvalue weighted by Crippen LogP contribution is -2.04. The Balaban J connectivity index is 1.24. The lowest BCUT2D eigenvalue weighted by atomic mass is 10.0. The van der Waals surface area contributed by atoms with Crippen molar-refractivity contribution in [3.05, 3.63) is 170 Å². The van der Waals surface area contributed by atoms with E-state index in [0.29, 0.717) is 17.5 Å². The second-order valence-corrected chi connectivity index (χ2v) is 13.9. The molecular formula is C49H28N4O2. The van der Waals surface area contributed by atoms with Gasteiger partial charge in [-0.05, 0) is 59.3 Å². The molecule has 0 spiro atoms. The summed E-state index contributed by atoms with van der Waals surface area (Å²) in [6, 6.07) is 58.5. The molecule has 0 unspecified atom stereocenters. The molecule has 6 heteroatoms. The zero-order valence-corrected chi connectivity index (χ0v) is 29.3. The second kappa shape index (κ2) is 11.5. The fraction of sp³-hybridized carbons (Fsp3) is 0. The molecule has 8 aromatic carbocycles. The van der Waals surface area contributed by atoms with Crippen LogP contribution in [0.2, 0.25) is 0 Å². The van der Waals surface area contributed by atoms with E-state index >= 15 is 0 Å². The molecule has 0 saturated carbocycles. The van der Waals surface area contributed by atoms with Gasteiger partial charge in [0, 0.05) is 43.4 Å². The van der Waals surface area contributed by atoms with Crippen molar-refractivity contribution in [2.45, 2.75) is 0 Å². The Morgan fingerprint density at radius 1 is 0.382 bits per heavy atom. The highest BCUT2D eigenvalue weighted by Crippen LogP contribution is 2.44. The zero-order chi connectivity index (χ0) is 36.0. The van der Waals surface area contributed by atoms with Crippen molar-refractivity contribution in [1.29, 1.82) is 0 Å². The van der Waals surface area contributed by atoms with Crippen molar-refractivity contribution in [2.75, 3.05) is 0 Å². The van der Waals surface area contributed by atoms with Gasteiger partial charge in [0.15, 0.2) is 17.5 Å². The highest BCUT2D eigenvalue weighted by Gasteiger charge is 2.25. The molecule has 0 fully saturated rings. The lowest BCUT2D eigenvalue weighted by Gasteiger charge is -2.16. The molecule has 6 nitrogen and oxygen atoms in total. The minimum Gasteiger partial charge on any atom is -0.456 e. The number of hydrogen-bond acceptors (Lipinski definition) is 5. The summed E-state index contributed by atoms with van der Waals surface area (Å²) in [6.07, 6.45) is 0. The normalized spacial score (nSPS) is 12.0. The molecule has 0 atom stereocenters. The van der Waals surface area contributed by atoms with Crippen molar-refractivity contribution in [2.24, 2.45) is 0 Å². The van der Waals surface area contributed by atoms with E-state index in [9.17, 15) is 0 Å². The van der Waals surface area contributed by atoms with Gasteiger partial charge in [0.1, 0.15) is 22.3 Å². The first-order chi connectivity index (χ1) is 27.3. The fourth-order valence-electron chi connectivity index (χ4n) is 8.42. The average molecular weight is 705 g/mol. The third-order valence-electron chi connectivity index (χ3n) is 10.8. The predicted octanol–water partition coefficient (Wildman–Crippen LogP) is 12.9. The van der Waals surface area contributed by atoms with Gasteiger partial charge in [0.05, 0.1) is 22.3 Å². The molecule has 0 aliphatic carbocycles. The standard InChI is InChI=1S/C49H28N4O2/c1-2-13-29(14-3-1)47-50-48(35-20-12-24-42-44(35)33-18-7-10-22-40(33)54-42)52-49(51-47)46-38(25-26-43-45(46)34-19-8-11-23-41(34)55-43)53-37-21-9-6-17-32(37)36-27-30-15-4-5-16-31(30)28-39(36)53/h1-28H. The van der Waals surface area contributed by atoms with Gasteiger partial charge in [-0.3, -0.25) is 0 Å². The van der Waals surface area contributed by atoms with Crippen LogP contribution < -0.4 is 0 Å². The Labute approximate surface area is 313 Å². The number of fused-ring (bicyclic) bond motifs is 10. The monoisotopic (exact) mass is 704 g/mol. The topological polar surface area (TPSA) is 69.9 Å². The SMILES string of the molecule is c1ccc(-c2nc(-c3cccc4oc5ccccc5c34)nc(-c3c(-n4c5ccccc5c5cc6ccccc6cc54)ccc4oc5ccccc5c34)n2)cc1. The molecule has 0 radical (unpaired) electrons. The summed E-state index contributed by atoms with van der Waals surface area (Å²) in [6.45, 7) is 0. The summed E-state index contributed by atoms with van der Waals surface area (Å²) in [7, 11) is 0. The van der Waals surface area contributed by atoms with E-state index in [0.717, 1.165) is 77.3 Å². The van der Waals surface area contributed by atoms with E-state index in [4.69, 9.17) is 23.8 Å². The largest absolute Gasteiger partial charge is 0.456 e. The van der Waals surface area contributed by atoms with Gasteiger partial charge in [0.2, 0.25) is 0 Å². The van der Waals surface area contributed by atoms with Gasteiger partial charge in [0.25, 0.3) is 0 Å². The van der Waals surface area contributed by atoms with E-state index in [2.05, 4.69) is 102 Å². The molecule has 0 saturated heterocycles. The number of nitrogens with zero attached hydrogens (tertiary/aromatic N) is 4. The van der Waals surface area contributed by atoms with Crippen LogP contribution in [-0.2, 0) is 0 Å². The summed E-state index contributed by atoms with van der Waals surface area (Å²) in [5.74, 6) is 1.69. The van der Waals surface area contributed by atoms with Crippen molar-refractivity contribution in [3.63, 3.8) is 0 Å². The first kappa shape index (κ1) is 29.9. The van der Waals surface area contributed by atoms with E-state index in [-0.39, 0.29) is 0 Å². The molecular weight excluding hydrogens is 677 g/mol. The number of benzene rings is 8. The molecule has 12 aromatic rings. The minimum atomic E-state index is 0.549. The third kappa shape index (κ3) is 4.46. The van der Waals surface area contributed by atoms with Crippen LogP contribution >= 0.6 is 0 Å². The maximum Gasteiger partial charge on any atom is 0.166 e. The smallest absolute Gasteiger partial charge is 0.166 e. The molecule has 4 aromatic heterocycles. The van der Waals surface area contributed by atoms with E-state index in [1.165, 1.54) is 21.5 Å². The van der Waals surface area contributed by atoms with Crippen LogP contribution in [0.5, 0.6) is 0 Å². The fourth-order valence-corrected chi connectivity index (χ4v) is 8.42. The molecule has 0 aliphatic heterocycles. The molecule has 4 heterocycles.